The van der Waals surface area contributed by atoms with Gasteiger partial charge in [-0.3, -0.25) is 0 Å². The molecule has 5 nitrogen and oxygen atoms in total. The highest BCUT2D eigenvalue weighted by molar-refractivity contribution is 5.60. The van der Waals surface area contributed by atoms with E-state index in [1.165, 1.54) is 11.1 Å². The number of rotatable bonds is 6. The summed E-state index contributed by atoms with van der Waals surface area (Å²) < 4.78 is 0. The lowest BCUT2D eigenvalue weighted by atomic mass is 10.1. The normalized spacial score (nSPS) is 11.8. The minimum absolute atomic E-state index is 0.104. The van der Waals surface area contributed by atoms with Crippen LogP contribution < -0.4 is 10.2 Å². The van der Waals surface area contributed by atoms with E-state index in [1.54, 1.807) is 6.20 Å². The van der Waals surface area contributed by atoms with Gasteiger partial charge in [0.1, 0.15) is 0 Å². The third-order valence-corrected chi connectivity index (χ3v) is 4.10. The van der Waals surface area contributed by atoms with E-state index in [2.05, 4.69) is 82.6 Å². The molecule has 1 atom stereocenters. The molecule has 5 heteroatoms. The van der Waals surface area contributed by atoms with Crippen molar-refractivity contribution in [2.45, 2.75) is 26.8 Å². The topological polar surface area (TPSA) is 53.9 Å². The van der Waals surface area contributed by atoms with Crippen molar-refractivity contribution in [3.8, 4) is 0 Å². The molecule has 128 valence electrons. The molecule has 3 rings (SSSR count). The van der Waals surface area contributed by atoms with Gasteiger partial charge in [-0.2, -0.15) is 10.1 Å². The highest BCUT2D eigenvalue weighted by Crippen LogP contribution is 2.24. The van der Waals surface area contributed by atoms with Crippen LogP contribution in [0.5, 0.6) is 0 Å². The van der Waals surface area contributed by atoms with Crippen molar-refractivity contribution in [3.63, 3.8) is 0 Å². The maximum Gasteiger partial charge on any atom is 0.245 e. The molecule has 0 saturated heterocycles. The fraction of sp³-hybridized carbons (Fsp3) is 0.250. The van der Waals surface area contributed by atoms with Crippen LogP contribution >= 0.6 is 0 Å². The third-order valence-electron chi connectivity index (χ3n) is 4.10. The molecule has 0 bridgehead atoms. The summed E-state index contributed by atoms with van der Waals surface area (Å²) in [5, 5.41) is 11.6. The van der Waals surface area contributed by atoms with Crippen LogP contribution in [0.25, 0.3) is 0 Å². The van der Waals surface area contributed by atoms with Crippen molar-refractivity contribution < 1.29 is 0 Å². The summed E-state index contributed by atoms with van der Waals surface area (Å²) >= 11 is 0. The molecule has 1 aromatic heterocycles. The molecule has 1 unspecified atom stereocenters. The van der Waals surface area contributed by atoms with Crippen LogP contribution in [0.3, 0.4) is 0 Å². The fourth-order valence-corrected chi connectivity index (χ4v) is 2.78. The van der Waals surface area contributed by atoms with Crippen LogP contribution in [0.1, 0.15) is 31.0 Å². The van der Waals surface area contributed by atoms with Crippen molar-refractivity contribution in [2.75, 3.05) is 16.8 Å². The molecule has 0 saturated carbocycles. The summed E-state index contributed by atoms with van der Waals surface area (Å²) in [7, 11) is 0. The van der Waals surface area contributed by atoms with Crippen LogP contribution in [0.4, 0.5) is 17.5 Å². The van der Waals surface area contributed by atoms with E-state index in [1.807, 2.05) is 18.2 Å². The van der Waals surface area contributed by atoms with Crippen molar-refractivity contribution in [1.82, 2.24) is 15.2 Å². The zero-order valence-electron chi connectivity index (χ0n) is 14.8. The number of aryl methyl sites for hydroxylation is 1. The lowest BCUT2D eigenvalue weighted by molar-refractivity contribution is 0.832. The molecule has 0 aliphatic heterocycles. The Labute approximate surface area is 148 Å². The van der Waals surface area contributed by atoms with E-state index >= 15 is 0 Å². The highest BCUT2D eigenvalue weighted by atomic mass is 15.3. The second-order valence-electron chi connectivity index (χ2n) is 6.00. The van der Waals surface area contributed by atoms with E-state index in [9.17, 15) is 0 Å². The zero-order chi connectivity index (χ0) is 17.6. The number of benzene rings is 2. The van der Waals surface area contributed by atoms with E-state index in [-0.39, 0.29) is 6.04 Å². The van der Waals surface area contributed by atoms with Crippen LogP contribution in [-0.4, -0.2) is 21.7 Å². The number of nitrogens with one attached hydrogen (secondary N) is 1. The first-order chi connectivity index (χ1) is 12.2. The first-order valence-corrected chi connectivity index (χ1v) is 8.52. The average Bonchev–Trinajstić information content (AvgIpc) is 2.63. The second-order valence-corrected chi connectivity index (χ2v) is 6.00. The first-order valence-electron chi connectivity index (χ1n) is 8.52. The molecule has 3 aromatic rings. The predicted octanol–water partition coefficient (Wildman–Crippen LogP) is 4.51. The van der Waals surface area contributed by atoms with Crippen molar-refractivity contribution in [1.29, 1.82) is 0 Å². The number of anilines is 3. The van der Waals surface area contributed by atoms with Gasteiger partial charge in [0.2, 0.25) is 5.95 Å². The number of hydrogen-bond acceptors (Lipinski definition) is 5. The number of aromatic nitrogens is 3. The molecule has 0 spiro atoms. The van der Waals surface area contributed by atoms with Crippen LogP contribution in [-0.2, 0) is 0 Å². The van der Waals surface area contributed by atoms with Crippen LogP contribution in [0.2, 0.25) is 0 Å². The zero-order valence-corrected chi connectivity index (χ0v) is 14.8. The minimum atomic E-state index is 0.104. The van der Waals surface area contributed by atoms with E-state index in [4.69, 9.17) is 0 Å². The minimum Gasteiger partial charge on any atom is -0.346 e. The van der Waals surface area contributed by atoms with Crippen molar-refractivity contribution in [3.05, 3.63) is 71.9 Å². The molecular weight excluding hydrogens is 310 g/mol. The van der Waals surface area contributed by atoms with E-state index in [0.717, 1.165) is 18.1 Å². The number of nitrogens with zero attached hydrogens (tertiary/aromatic N) is 4. The Bertz CT molecular complexity index is 819. The molecule has 0 fully saturated rings. The van der Waals surface area contributed by atoms with Gasteiger partial charge >= 0.3 is 0 Å². The highest BCUT2D eigenvalue weighted by Gasteiger charge is 2.12. The molecule has 25 heavy (non-hydrogen) atoms. The second kappa shape index (κ2) is 7.75. The Morgan fingerprint density at radius 1 is 1.08 bits per heavy atom. The Morgan fingerprint density at radius 2 is 1.88 bits per heavy atom. The monoisotopic (exact) mass is 333 g/mol. The Kier molecular flexibility index (Phi) is 5.23. The van der Waals surface area contributed by atoms with Gasteiger partial charge in [0, 0.05) is 12.2 Å². The molecular formula is C20H23N5. The van der Waals surface area contributed by atoms with Gasteiger partial charge in [-0.15, -0.1) is 5.10 Å². The smallest absolute Gasteiger partial charge is 0.245 e. The van der Waals surface area contributed by atoms with Gasteiger partial charge in [0.25, 0.3) is 0 Å². The molecule has 1 N–H and O–H groups in total. The van der Waals surface area contributed by atoms with Gasteiger partial charge in [0.05, 0.1) is 12.2 Å². The molecule has 1 heterocycles. The summed E-state index contributed by atoms with van der Waals surface area (Å²) in [6, 6.07) is 18.7. The fourth-order valence-electron chi connectivity index (χ4n) is 2.78. The predicted molar refractivity (Wildman–Crippen MR) is 102 cm³/mol. The average molecular weight is 333 g/mol. The summed E-state index contributed by atoms with van der Waals surface area (Å²) in [6.07, 6.45) is 1.70. The first kappa shape index (κ1) is 16.9. The summed E-state index contributed by atoms with van der Waals surface area (Å²) in [5.41, 5.74) is 3.50. The maximum atomic E-state index is 4.66. The largest absolute Gasteiger partial charge is 0.346 e. The van der Waals surface area contributed by atoms with Gasteiger partial charge in [-0.05, 0) is 44.0 Å². The number of hydrogen-bond donors (Lipinski definition) is 1. The summed E-state index contributed by atoms with van der Waals surface area (Å²) in [6.45, 7) is 7.08. The quantitative estimate of drug-likeness (QED) is 0.719. The molecule has 0 aliphatic carbocycles. The maximum absolute atomic E-state index is 4.66. The van der Waals surface area contributed by atoms with Crippen LogP contribution in [0.15, 0.2) is 60.8 Å². The molecule has 0 amide bonds. The Morgan fingerprint density at radius 3 is 2.60 bits per heavy atom. The third kappa shape index (κ3) is 4.12. The Balaban J connectivity index is 1.83. The molecule has 2 aromatic carbocycles. The SMILES string of the molecule is CCN(c1cccc(C)c1)c1cnnc(NC(C)c2ccccc2)n1. The lowest BCUT2D eigenvalue weighted by Gasteiger charge is -2.22. The van der Waals surface area contributed by atoms with Gasteiger partial charge in [-0.1, -0.05) is 42.5 Å². The van der Waals surface area contributed by atoms with Gasteiger partial charge in [-0.25, -0.2) is 0 Å². The van der Waals surface area contributed by atoms with Crippen molar-refractivity contribution in [2.24, 2.45) is 0 Å². The standard InChI is InChI=1S/C20H23N5/c1-4-25(18-12-8-9-15(2)13-18)19-14-21-24-20(23-19)22-16(3)17-10-6-5-7-11-17/h5-14,16H,4H2,1-3H3,(H,22,23,24). The summed E-state index contributed by atoms with van der Waals surface area (Å²) in [4.78, 5) is 6.78. The van der Waals surface area contributed by atoms with Crippen LogP contribution in [0, 0.1) is 6.92 Å². The van der Waals surface area contributed by atoms with Gasteiger partial charge < -0.3 is 10.2 Å². The van der Waals surface area contributed by atoms with E-state index < -0.39 is 0 Å². The van der Waals surface area contributed by atoms with E-state index in [0.29, 0.717) is 5.95 Å². The summed E-state index contributed by atoms with van der Waals surface area (Å²) in [5.74, 6) is 1.31. The Hall–Kier alpha value is -2.95. The lowest BCUT2D eigenvalue weighted by Crippen LogP contribution is -2.19. The van der Waals surface area contributed by atoms with Gasteiger partial charge in [0.15, 0.2) is 5.82 Å². The molecule has 0 aliphatic rings. The van der Waals surface area contributed by atoms with Crippen molar-refractivity contribution >= 4 is 17.5 Å². The molecule has 0 radical (unpaired) electrons.